The lowest BCUT2D eigenvalue weighted by Gasteiger charge is -2.34. The molecular weight excluding hydrogens is 328 g/mol. The van der Waals surface area contributed by atoms with Gasteiger partial charge in [-0.1, -0.05) is 28.1 Å². The quantitative estimate of drug-likeness (QED) is 0.909. The SMILES string of the molecule is C[C@H](N)[C@@H]1CCCN(C(=O)[C@H]2C[C@@H]2c2ccc(Br)cc2)C1. The van der Waals surface area contributed by atoms with Crippen LogP contribution in [0.3, 0.4) is 0 Å². The Balaban J connectivity index is 1.61. The summed E-state index contributed by atoms with van der Waals surface area (Å²) in [6, 6.07) is 8.55. The van der Waals surface area contributed by atoms with Crippen LogP contribution in [0.2, 0.25) is 0 Å². The first kappa shape index (κ1) is 15.0. The minimum Gasteiger partial charge on any atom is -0.342 e. The molecule has 0 radical (unpaired) electrons. The molecule has 3 rings (SSSR count). The second kappa shape index (κ2) is 6.09. The number of halogens is 1. The van der Waals surface area contributed by atoms with Crippen LogP contribution in [-0.4, -0.2) is 29.9 Å². The van der Waals surface area contributed by atoms with Gasteiger partial charge < -0.3 is 10.6 Å². The zero-order valence-corrected chi connectivity index (χ0v) is 14.1. The second-order valence-electron chi connectivity index (χ2n) is 6.55. The first-order chi connectivity index (χ1) is 10.1. The van der Waals surface area contributed by atoms with Crippen LogP contribution >= 0.6 is 15.9 Å². The van der Waals surface area contributed by atoms with Gasteiger partial charge in [-0.15, -0.1) is 0 Å². The number of nitrogens with zero attached hydrogens (tertiary/aromatic N) is 1. The van der Waals surface area contributed by atoms with Gasteiger partial charge in [-0.2, -0.15) is 0 Å². The summed E-state index contributed by atoms with van der Waals surface area (Å²) in [7, 11) is 0. The molecular formula is C17H23BrN2O. The number of rotatable bonds is 3. The van der Waals surface area contributed by atoms with Gasteiger partial charge in [-0.3, -0.25) is 4.79 Å². The standard InChI is InChI=1S/C17H23BrN2O/c1-11(19)13-3-2-8-20(10-13)17(21)16-9-15(16)12-4-6-14(18)7-5-12/h4-7,11,13,15-16H,2-3,8-10,19H2,1H3/t11-,13+,15+,16-/m0/s1. The van der Waals surface area contributed by atoms with Gasteiger partial charge in [0.1, 0.15) is 0 Å². The van der Waals surface area contributed by atoms with Crippen molar-refractivity contribution in [2.75, 3.05) is 13.1 Å². The smallest absolute Gasteiger partial charge is 0.226 e. The van der Waals surface area contributed by atoms with Crippen molar-refractivity contribution in [1.82, 2.24) is 4.90 Å². The Morgan fingerprint density at radius 1 is 1.38 bits per heavy atom. The van der Waals surface area contributed by atoms with Gasteiger partial charge in [-0.25, -0.2) is 0 Å². The predicted molar refractivity (Wildman–Crippen MR) is 87.9 cm³/mol. The Kier molecular flexibility index (Phi) is 4.36. The number of carbonyl (C=O) groups excluding carboxylic acids is 1. The van der Waals surface area contributed by atoms with Crippen molar-refractivity contribution in [2.45, 2.75) is 38.1 Å². The van der Waals surface area contributed by atoms with Crippen molar-refractivity contribution < 1.29 is 4.79 Å². The van der Waals surface area contributed by atoms with Crippen molar-refractivity contribution in [3.63, 3.8) is 0 Å². The fraction of sp³-hybridized carbons (Fsp3) is 0.588. The molecule has 114 valence electrons. The summed E-state index contributed by atoms with van der Waals surface area (Å²) in [6.07, 6.45) is 3.25. The molecule has 0 bridgehead atoms. The van der Waals surface area contributed by atoms with Gasteiger partial charge in [0, 0.05) is 29.5 Å². The number of piperidine rings is 1. The highest BCUT2D eigenvalue weighted by Gasteiger charge is 2.46. The van der Waals surface area contributed by atoms with Gasteiger partial charge in [0.05, 0.1) is 0 Å². The molecule has 0 unspecified atom stereocenters. The molecule has 1 amide bonds. The van der Waals surface area contributed by atoms with E-state index >= 15 is 0 Å². The Bertz CT molecular complexity index is 514. The summed E-state index contributed by atoms with van der Waals surface area (Å²) in [6.45, 7) is 3.81. The molecule has 2 fully saturated rings. The Morgan fingerprint density at radius 3 is 2.76 bits per heavy atom. The zero-order valence-electron chi connectivity index (χ0n) is 12.5. The topological polar surface area (TPSA) is 46.3 Å². The van der Waals surface area contributed by atoms with E-state index < -0.39 is 0 Å². The third kappa shape index (κ3) is 3.32. The van der Waals surface area contributed by atoms with Crippen LogP contribution in [0.4, 0.5) is 0 Å². The van der Waals surface area contributed by atoms with E-state index in [-0.39, 0.29) is 12.0 Å². The van der Waals surface area contributed by atoms with E-state index in [4.69, 9.17) is 5.73 Å². The van der Waals surface area contributed by atoms with Crippen molar-refractivity contribution in [3.05, 3.63) is 34.3 Å². The minimum atomic E-state index is 0.182. The Labute approximate surface area is 135 Å². The molecule has 0 aromatic heterocycles. The summed E-state index contributed by atoms with van der Waals surface area (Å²) in [5.41, 5.74) is 7.30. The average molecular weight is 351 g/mol. The van der Waals surface area contributed by atoms with Crippen LogP contribution in [0.5, 0.6) is 0 Å². The van der Waals surface area contributed by atoms with Crippen molar-refractivity contribution in [1.29, 1.82) is 0 Å². The summed E-state index contributed by atoms with van der Waals surface area (Å²) in [5, 5.41) is 0. The number of hydrogen-bond donors (Lipinski definition) is 1. The van der Waals surface area contributed by atoms with E-state index in [2.05, 4.69) is 52.0 Å². The molecule has 0 spiro atoms. The lowest BCUT2D eigenvalue weighted by atomic mass is 9.92. The van der Waals surface area contributed by atoms with Gasteiger partial charge in [-0.05, 0) is 55.7 Å². The van der Waals surface area contributed by atoms with E-state index in [9.17, 15) is 4.79 Å². The molecule has 4 heteroatoms. The van der Waals surface area contributed by atoms with Gasteiger partial charge in [0.2, 0.25) is 5.91 Å². The fourth-order valence-electron chi connectivity index (χ4n) is 3.42. The fourth-order valence-corrected chi connectivity index (χ4v) is 3.68. The molecule has 1 aliphatic carbocycles. The van der Waals surface area contributed by atoms with E-state index in [1.54, 1.807) is 0 Å². The number of nitrogens with two attached hydrogens (primary N) is 1. The molecule has 1 aromatic rings. The van der Waals surface area contributed by atoms with E-state index in [1.807, 2.05) is 0 Å². The first-order valence-electron chi connectivity index (χ1n) is 7.86. The molecule has 1 aliphatic heterocycles. The summed E-state index contributed by atoms with van der Waals surface area (Å²) in [5.74, 6) is 1.42. The molecule has 21 heavy (non-hydrogen) atoms. The molecule has 2 N–H and O–H groups in total. The monoisotopic (exact) mass is 350 g/mol. The molecule has 1 saturated heterocycles. The van der Waals surface area contributed by atoms with Gasteiger partial charge in [0.25, 0.3) is 0 Å². The summed E-state index contributed by atoms with van der Waals surface area (Å²) < 4.78 is 1.09. The maximum atomic E-state index is 12.7. The van der Waals surface area contributed by atoms with Crippen LogP contribution in [-0.2, 0) is 4.79 Å². The van der Waals surface area contributed by atoms with Gasteiger partial charge >= 0.3 is 0 Å². The number of amides is 1. The second-order valence-corrected chi connectivity index (χ2v) is 7.46. The van der Waals surface area contributed by atoms with E-state index in [1.165, 1.54) is 5.56 Å². The number of hydrogen-bond acceptors (Lipinski definition) is 2. The average Bonchev–Trinajstić information content (AvgIpc) is 3.28. The summed E-state index contributed by atoms with van der Waals surface area (Å²) >= 11 is 3.45. The van der Waals surface area contributed by atoms with Crippen LogP contribution in [0.25, 0.3) is 0 Å². The Morgan fingerprint density at radius 2 is 2.10 bits per heavy atom. The normalized spacial score (nSPS) is 30.0. The number of benzene rings is 1. The molecule has 4 atom stereocenters. The Hall–Kier alpha value is -0.870. The van der Waals surface area contributed by atoms with Crippen molar-refractivity contribution in [3.8, 4) is 0 Å². The molecule has 1 aromatic carbocycles. The zero-order chi connectivity index (χ0) is 15.0. The lowest BCUT2D eigenvalue weighted by molar-refractivity contribution is -0.134. The number of carbonyl (C=O) groups is 1. The van der Waals surface area contributed by atoms with Crippen molar-refractivity contribution in [2.24, 2.45) is 17.6 Å². The lowest BCUT2D eigenvalue weighted by Crippen LogP contribution is -2.45. The highest BCUT2D eigenvalue weighted by Crippen LogP contribution is 2.49. The highest BCUT2D eigenvalue weighted by molar-refractivity contribution is 9.10. The van der Waals surface area contributed by atoms with Crippen LogP contribution in [0.15, 0.2) is 28.7 Å². The maximum Gasteiger partial charge on any atom is 0.226 e. The van der Waals surface area contributed by atoms with Crippen LogP contribution in [0, 0.1) is 11.8 Å². The van der Waals surface area contributed by atoms with E-state index in [0.29, 0.717) is 17.7 Å². The molecule has 1 heterocycles. The third-order valence-corrected chi connectivity index (χ3v) is 5.45. The van der Waals surface area contributed by atoms with Gasteiger partial charge in [0.15, 0.2) is 0 Å². The molecule has 2 aliphatic rings. The largest absolute Gasteiger partial charge is 0.342 e. The first-order valence-corrected chi connectivity index (χ1v) is 8.65. The van der Waals surface area contributed by atoms with Crippen molar-refractivity contribution >= 4 is 21.8 Å². The van der Waals surface area contributed by atoms with Crippen LogP contribution < -0.4 is 5.73 Å². The highest BCUT2D eigenvalue weighted by atomic mass is 79.9. The maximum absolute atomic E-state index is 12.7. The third-order valence-electron chi connectivity index (χ3n) is 4.92. The minimum absolute atomic E-state index is 0.182. The molecule has 3 nitrogen and oxygen atoms in total. The van der Waals surface area contributed by atoms with E-state index in [0.717, 1.165) is 36.8 Å². The number of likely N-dealkylation sites (tertiary alicyclic amines) is 1. The molecule has 1 saturated carbocycles. The van der Waals surface area contributed by atoms with Crippen LogP contribution in [0.1, 0.15) is 37.7 Å². The summed E-state index contributed by atoms with van der Waals surface area (Å²) in [4.78, 5) is 14.7. The predicted octanol–water partition coefficient (Wildman–Crippen LogP) is 3.14.